The van der Waals surface area contributed by atoms with Crippen LogP contribution in [0.2, 0.25) is 0 Å². The van der Waals surface area contributed by atoms with Crippen LogP contribution in [0.1, 0.15) is 78.6 Å². The summed E-state index contributed by atoms with van der Waals surface area (Å²) >= 11 is 0. The molecule has 2 saturated heterocycles. The van der Waals surface area contributed by atoms with Crippen LogP contribution in [0.4, 0.5) is 11.4 Å². The molecule has 2 fully saturated rings. The number of methoxy groups -OCH3 is 3. The highest BCUT2D eigenvalue weighted by Crippen LogP contribution is 2.41. The van der Waals surface area contributed by atoms with Gasteiger partial charge in [-0.25, -0.2) is 0 Å². The van der Waals surface area contributed by atoms with Gasteiger partial charge in [0.25, 0.3) is 11.8 Å². The predicted octanol–water partition coefficient (Wildman–Crippen LogP) is 6.71. The number of rotatable bonds is 26. The molecule has 18 nitrogen and oxygen atoms in total. The van der Waals surface area contributed by atoms with Gasteiger partial charge in [-0.05, 0) is 58.7 Å². The van der Waals surface area contributed by atoms with Gasteiger partial charge in [0.1, 0.15) is 25.6 Å². The number of aliphatic imine (C=N–C) groups is 2. The molecule has 70 heavy (non-hydrogen) atoms. The van der Waals surface area contributed by atoms with E-state index in [-0.39, 0.29) is 43.1 Å². The summed E-state index contributed by atoms with van der Waals surface area (Å²) in [5.41, 5.74) is 5.32. The number of hydrogen-bond donors (Lipinski definition) is 0. The Balaban J connectivity index is 1.09. The largest absolute Gasteiger partial charge is 0.493 e. The Morgan fingerprint density at radius 3 is 1.71 bits per heavy atom. The highest BCUT2D eigenvalue weighted by molar-refractivity contribution is 6.04. The van der Waals surface area contributed by atoms with Crippen LogP contribution in [0, 0.1) is 0 Å². The molecule has 0 N–H and O–H groups in total. The van der Waals surface area contributed by atoms with Crippen molar-refractivity contribution in [3.8, 4) is 28.7 Å². The third kappa shape index (κ3) is 13.3. The van der Waals surface area contributed by atoms with E-state index >= 15 is 0 Å². The molecule has 4 aliphatic rings. The molecule has 2 atom stereocenters. The van der Waals surface area contributed by atoms with Gasteiger partial charge in [0.05, 0.1) is 99.8 Å². The molecule has 2 aromatic carbocycles. The number of benzene rings is 2. The minimum Gasteiger partial charge on any atom is -0.493 e. The van der Waals surface area contributed by atoms with Crippen LogP contribution in [-0.4, -0.2) is 162 Å². The lowest BCUT2D eigenvalue weighted by molar-refractivity contribution is -0.143. The molecule has 2 amide bonds. The molecule has 4 aliphatic heterocycles. The number of hydrogen-bond acceptors (Lipinski definition) is 16. The van der Waals surface area contributed by atoms with Crippen LogP contribution in [0.15, 0.2) is 69.7 Å². The number of aromatic nitrogens is 1. The van der Waals surface area contributed by atoms with E-state index in [1.54, 1.807) is 50.4 Å². The Labute approximate surface area is 410 Å². The number of fused-ring (bicyclic) bond motifs is 4. The van der Waals surface area contributed by atoms with Crippen molar-refractivity contribution in [1.29, 1.82) is 0 Å². The van der Waals surface area contributed by atoms with E-state index in [2.05, 4.69) is 17.1 Å². The number of ether oxygens (including phenoxy) is 9. The molecule has 0 aliphatic carbocycles. The third-order valence-electron chi connectivity index (χ3n) is 12.5. The Morgan fingerprint density at radius 2 is 1.20 bits per heavy atom. The topological polar surface area (TPSA) is 182 Å². The zero-order valence-electron chi connectivity index (χ0n) is 41.2. The number of pyridine rings is 1. The first-order chi connectivity index (χ1) is 34.1. The monoisotopic (exact) mass is 966 g/mol. The van der Waals surface area contributed by atoms with E-state index in [4.69, 9.17) is 57.6 Å². The van der Waals surface area contributed by atoms with Gasteiger partial charge < -0.3 is 52.4 Å². The first-order valence-electron chi connectivity index (χ1n) is 24.0. The van der Waals surface area contributed by atoms with Gasteiger partial charge in [-0.2, -0.15) is 0 Å². The predicted molar refractivity (Wildman–Crippen MR) is 263 cm³/mol. The first kappa shape index (κ1) is 51.5. The molecule has 3 aromatic rings. The summed E-state index contributed by atoms with van der Waals surface area (Å²) in [7, 11) is 4.69. The first-order valence-corrected chi connectivity index (χ1v) is 24.0. The molecule has 376 valence electrons. The summed E-state index contributed by atoms with van der Waals surface area (Å²) in [5.74, 6) is 1.61. The van der Waals surface area contributed by atoms with Gasteiger partial charge in [-0.1, -0.05) is 23.3 Å². The molecule has 5 heterocycles. The number of esters is 1. The maximum atomic E-state index is 13.7. The molecule has 7 rings (SSSR count). The minimum absolute atomic E-state index is 0.00844. The molecule has 1 aromatic heterocycles. The number of allylic oxidation sites excluding steroid dienone is 2. The fraction of sp³-hybridized carbons (Fsp3) is 0.500. The van der Waals surface area contributed by atoms with Gasteiger partial charge in [-0.15, -0.1) is 0 Å². The van der Waals surface area contributed by atoms with Gasteiger partial charge >= 0.3 is 5.97 Å². The number of carbonyl (C=O) groups is 3. The third-order valence-corrected chi connectivity index (χ3v) is 12.5. The van der Waals surface area contributed by atoms with Crippen molar-refractivity contribution in [3.05, 3.63) is 82.2 Å². The molecule has 0 spiro atoms. The standard InChI is InChI=1S/C52H66N6O12/c1-7-35-21-39-29-53-44-27-48(46(63-5)25-42(44)51(60)57(39)31-35)69-33-37-23-41(68-16-14-56(12-10-11-50(59)67-9-3)13-15-65-19-20-66-18-17-62-4)24-38(55-37)34-70-49-28-45-43(26-47(49)64-6)52(61)58-32-36(8-2)22-40(58)30-54-45/h7-8,23-30,39-40H,9-22,31-34H2,1-6H3/t39-,40-/m0/s1. The second-order valence-corrected chi connectivity index (χ2v) is 17.1. The maximum Gasteiger partial charge on any atom is 0.305 e. The lowest BCUT2D eigenvalue weighted by Crippen LogP contribution is -2.35. The number of carbonyl (C=O) groups excluding carboxylic acids is 3. The zero-order chi connectivity index (χ0) is 49.4. The van der Waals surface area contributed by atoms with Gasteiger partial charge in [-0.3, -0.25) is 34.3 Å². The van der Waals surface area contributed by atoms with Crippen LogP contribution in [-0.2, 0) is 37.0 Å². The highest BCUT2D eigenvalue weighted by Gasteiger charge is 2.36. The summed E-state index contributed by atoms with van der Waals surface area (Å²) < 4.78 is 52.3. The summed E-state index contributed by atoms with van der Waals surface area (Å²) in [5, 5.41) is 0. The van der Waals surface area contributed by atoms with E-state index in [0.29, 0.717) is 154 Å². The van der Waals surface area contributed by atoms with Crippen LogP contribution >= 0.6 is 0 Å². The van der Waals surface area contributed by atoms with Crippen molar-refractivity contribution < 1.29 is 57.0 Å². The summed E-state index contributed by atoms with van der Waals surface area (Å²) in [6.07, 6.45) is 10.2. The lowest BCUT2D eigenvalue weighted by Gasteiger charge is -2.22. The van der Waals surface area contributed by atoms with Crippen LogP contribution in [0.3, 0.4) is 0 Å². The highest BCUT2D eigenvalue weighted by atomic mass is 16.5. The molecule has 0 radical (unpaired) electrons. The summed E-state index contributed by atoms with van der Waals surface area (Å²) in [6, 6.07) is 10.2. The smallest absolute Gasteiger partial charge is 0.305 e. The van der Waals surface area contributed by atoms with E-state index in [1.165, 1.54) is 25.4 Å². The lowest BCUT2D eigenvalue weighted by atomic mass is 10.1. The molecular weight excluding hydrogens is 901 g/mol. The minimum atomic E-state index is -0.231. The van der Waals surface area contributed by atoms with Gasteiger partial charge in [0.2, 0.25) is 0 Å². The van der Waals surface area contributed by atoms with E-state index < -0.39 is 0 Å². The maximum absolute atomic E-state index is 13.7. The van der Waals surface area contributed by atoms with Crippen LogP contribution in [0.25, 0.3) is 0 Å². The second kappa shape index (κ2) is 25.5. The molecule has 18 heteroatoms. The van der Waals surface area contributed by atoms with Crippen molar-refractivity contribution in [2.75, 3.05) is 100 Å². The van der Waals surface area contributed by atoms with Crippen molar-refractivity contribution in [2.45, 2.75) is 71.8 Å². The fourth-order valence-electron chi connectivity index (χ4n) is 8.65. The molecular formula is C52H66N6O12. The van der Waals surface area contributed by atoms with Crippen molar-refractivity contribution in [3.63, 3.8) is 0 Å². The quantitative estimate of drug-likeness (QED) is 0.0470. The molecule has 0 saturated carbocycles. The normalized spacial score (nSPS) is 18.2. The SMILES string of the molecule is CC=C1C[C@H]2C=Nc3cc(OCc4cc(OCCN(CCCC(=O)OCC)CCOCCOCCOC)cc(COc5cc6c(cc5OC)C(=O)N5CC(=CC)C[C@H]5C=N6)n4)c(OC)cc3C(=O)N2C1. The van der Waals surface area contributed by atoms with Gasteiger partial charge in [0, 0.05) is 76.4 Å². The van der Waals surface area contributed by atoms with Crippen LogP contribution in [0.5, 0.6) is 28.7 Å². The second-order valence-electron chi connectivity index (χ2n) is 17.1. The fourth-order valence-corrected chi connectivity index (χ4v) is 8.65. The Bertz CT molecular complexity index is 2300. The van der Waals surface area contributed by atoms with Gasteiger partial charge in [0.15, 0.2) is 23.0 Å². The summed E-state index contributed by atoms with van der Waals surface area (Å²) in [6.45, 7) is 11.7. The molecule has 0 bridgehead atoms. The van der Waals surface area contributed by atoms with Crippen molar-refractivity contribution in [2.24, 2.45) is 9.98 Å². The number of amides is 2. The Kier molecular flexibility index (Phi) is 18.8. The van der Waals surface area contributed by atoms with Crippen molar-refractivity contribution >= 4 is 41.6 Å². The number of nitrogens with zero attached hydrogens (tertiary/aromatic N) is 6. The zero-order valence-corrected chi connectivity index (χ0v) is 41.2. The van der Waals surface area contributed by atoms with E-state index in [1.807, 2.05) is 36.1 Å². The van der Waals surface area contributed by atoms with Crippen LogP contribution < -0.4 is 23.7 Å². The molecule has 0 unspecified atom stereocenters. The van der Waals surface area contributed by atoms with E-state index in [0.717, 1.165) is 12.8 Å². The Hall–Kier alpha value is -6.34. The summed E-state index contributed by atoms with van der Waals surface area (Å²) in [4.78, 5) is 59.9. The van der Waals surface area contributed by atoms with E-state index in [9.17, 15) is 14.4 Å². The van der Waals surface area contributed by atoms with Crippen molar-refractivity contribution in [1.82, 2.24) is 19.7 Å². The average Bonchev–Trinajstić information content (AvgIpc) is 3.94. The Morgan fingerprint density at radius 1 is 0.671 bits per heavy atom. The average molecular weight is 967 g/mol.